The van der Waals surface area contributed by atoms with Gasteiger partial charge in [-0.3, -0.25) is 4.79 Å². The Morgan fingerprint density at radius 2 is 1.55 bits per heavy atom. The molecule has 0 aliphatic carbocycles. The summed E-state index contributed by atoms with van der Waals surface area (Å²) >= 11 is 1.32. The highest BCUT2D eigenvalue weighted by atomic mass is 32.2. The Morgan fingerprint density at radius 3 is 2.09 bits per heavy atom. The van der Waals surface area contributed by atoms with E-state index in [0.29, 0.717) is 5.56 Å². The molecule has 0 saturated carbocycles. The normalized spacial score (nSPS) is 13.6. The fourth-order valence-corrected chi connectivity index (χ4v) is 3.06. The van der Waals surface area contributed by atoms with E-state index >= 15 is 0 Å². The van der Waals surface area contributed by atoms with Crippen molar-refractivity contribution in [3.63, 3.8) is 0 Å². The Labute approximate surface area is 135 Å². The molecular formula is C18H20O3S. The molecule has 0 aliphatic rings. The van der Waals surface area contributed by atoms with E-state index in [-0.39, 0.29) is 6.10 Å². The maximum Gasteiger partial charge on any atom is 0.322 e. The molecule has 22 heavy (non-hydrogen) atoms. The topological polar surface area (TPSA) is 46.5 Å². The number of thioether (sulfide) groups is 1. The molecule has 0 amide bonds. The van der Waals surface area contributed by atoms with Gasteiger partial charge >= 0.3 is 5.97 Å². The van der Waals surface area contributed by atoms with Gasteiger partial charge in [0.15, 0.2) is 0 Å². The number of carbonyl (C=O) groups is 1. The third kappa shape index (κ3) is 4.61. The highest BCUT2D eigenvalue weighted by Crippen LogP contribution is 2.33. The fraction of sp³-hybridized carbons (Fsp3) is 0.278. The summed E-state index contributed by atoms with van der Waals surface area (Å²) in [5.41, 5.74) is 0.705. The molecular weight excluding hydrogens is 296 g/mol. The summed E-state index contributed by atoms with van der Waals surface area (Å²) in [5.74, 6) is -0.403. The Kier molecular flexibility index (Phi) is 6.04. The molecule has 0 unspecified atom stereocenters. The number of carbonyl (C=O) groups excluding carboxylic acids is 1. The van der Waals surface area contributed by atoms with Gasteiger partial charge in [0.1, 0.15) is 11.4 Å². The Hall–Kier alpha value is -1.78. The average molecular weight is 316 g/mol. The van der Waals surface area contributed by atoms with E-state index in [4.69, 9.17) is 4.74 Å². The highest BCUT2D eigenvalue weighted by molar-refractivity contribution is 8.00. The van der Waals surface area contributed by atoms with Crippen LogP contribution in [-0.4, -0.2) is 22.4 Å². The first-order valence-electron chi connectivity index (χ1n) is 7.23. The second-order valence-electron chi connectivity index (χ2n) is 5.19. The van der Waals surface area contributed by atoms with E-state index in [0.717, 1.165) is 4.90 Å². The number of benzene rings is 2. The fourth-order valence-electron chi connectivity index (χ4n) is 2.01. The quantitative estimate of drug-likeness (QED) is 0.650. The van der Waals surface area contributed by atoms with Gasteiger partial charge in [-0.1, -0.05) is 48.5 Å². The van der Waals surface area contributed by atoms with Crippen molar-refractivity contribution in [2.24, 2.45) is 0 Å². The molecule has 2 rings (SSSR count). The summed E-state index contributed by atoms with van der Waals surface area (Å²) in [6.07, 6.45) is -1.13. The number of hydrogen-bond donors (Lipinski definition) is 1. The number of hydrogen-bond acceptors (Lipinski definition) is 4. The van der Waals surface area contributed by atoms with Gasteiger partial charge in [0.05, 0.1) is 6.10 Å². The van der Waals surface area contributed by atoms with Crippen LogP contribution in [0.15, 0.2) is 65.6 Å². The lowest BCUT2D eigenvalue weighted by Gasteiger charge is -2.22. The molecule has 2 aromatic carbocycles. The van der Waals surface area contributed by atoms with Crippen LogP contribution in [0.5, 0.6) is 0 Å². The van der Waals surface area contributed by atoms with Crippen molar-refractivity contribution >= 4 is 17.7 Å². The second kappa shape index (κ2) is 8.01. The predicted octanol–water partition coefficient (Wildman–Crippen LogP) is 3.83. The third-order valence-electron chi connectivity index (χ3n) is 3.02. The molecule has 4 heteroatoms. The second-order valence-corrected chi connectivity index (χ2v) is 6.41. The summed E-state index contributed by atoms with van der Waals surface area (Å²) in [5, 5.41) is 9.90. The molecule has 2 atom stereocenters. The smallest absolute Gasteiger partial charge is 0.322 e. The van der Waals surface area contributed by atoms with Gasteiger partial charge in [-0.15, -0.1) is 11.8 Å². The number of ether oxygens (including phenoxy) is 1. The van der Waals surface area contributed by atoms with Crippen LogP contribution in [0.25, 0.3) is 0 Å². The summed E-state index contributed by atoms with van der Waals surface area (Å²) < 4.78 is 5.31. The largest absolute Gasteiger partial charge is 0.462 e. The van der Waals surface area contributed by atoms with Crippen LogP contribution in [0, 0.1) is 0 Å². The Balaban J connectivity index is 2.22. The van der Waals surface area contributed by atoms with Crippen LogP contribution in [-0.2, 0) is 9.53 Å². The van der Waals surface area contributed by atoms with Crippen molar-refractivity contribution in [2.75, 3.05) is 0 Å². The molecule has 2 aromatic rings. The van der Waals surface area contributed by atoms with E-state index in [1.165, 1.54) is 11.8 Å². The molecule has 116 valence electrons. The SMILES string of the molecule is CC(C)OC(=O)[C@@H](Sc1ccccc1)[C@@H](O)c1ccccc1. The van der Waals surface area contributed by atoms with Crippen LogP contribution in [0.4, 0.5) is 0 Å². The van der Waals surface area contributed by atoms with Crippen LogP contribution in [0.3, 0.4) is 0 Å². The first kappa shape index (κ1) is 16.6. The minimum absolute atomic E-state index is 0.214. The first-order valence-corrected chi connectivity index (χ1v) is 8.11. The van der Waals surface area contributed by atoms with E-state index < -0.39 is 17.3 Å². The van der Waals surface area contributed by atoms with Crippen LogP contribution in [0.1, 0.15) is 25.5 Å². The lowest BCUT2D eigenvalue weighted by atomic mass is 10.1. The van der Waals surface area contributed by atoms with Crippen molar-refractivity contribution in [3.05, 3.63) is 66.2 Å². The lowest BCUT2D eigenvalue weighted by molar-refractivity contribution is -0.148. The standard InChI is InChI=1S/C18H20O3S/c1-13(2)21-18(20)17(22-15-11-7-4-8-12-15)16(19)14-9-5-3-6-10-14/h3-13,16-17,19H,1-2H3/t16-,17-/m0/s1. The predicted molar refractivity (Wildman–Crippen MR) is 88.7 cm³/mol. The molecule has 0 heterocycles. The van der Waals surface area contributed by atoms with Crippen molar-refractivity contribution in [2.45, 2.75) is 36.2 Å². The Morgan fingerprint density at radius 1 is 1.00 bits per heavy atom. The maximum absolute atomic E-state index is 12.4. The summed E-state index contributed by atoms with van der Waals surface area (Å²) in [4.78, 5) is 13.3. The molecule has 0 fully saturated rings. The van der Waals surface area contributed by atoms with Crippen molar-refractivity contribution in [1.82, 2.24) is 0 Å². The van der Waals surface area contributed by atoms with Gasteiger partial charge in [-0.25, -0.2) is 0 Å². The highest BCUT2D eigenvalue weighted by Gasteiger charge is 2.31. The zero-order valence-electron chi connectivity index (χ0n) is 12.7. The molecule has 3 nitrogen and oxygen atoms in total. The zero-order valence-corrected chi connectivity index (χ0v) is 13.5. The van der Waals surface area contributed by atoms with Crippen LogP contribution in [0.2, 0.25) is 0 Å². The lowest BCUT2D eigenvalue weighted by Crippen LogP contribution is -2.29. The van der Waals surface area contributed by atoms with Gasteiger partial charge in [-0.05, 0) is 31.5 Å². The Bertz CT molecular complexity index is 584. The zero-order chi connectivity index (χ0) is 15.9. The monoisotopic (exact) mass is 316 g/mol. The molecule has 0 radical (unpaired) electrons. The molecule has 0 aliphatic heterocycles. The van der Waals surface area contributed by atoms with Crippen molar-refractivity contribution < 1.29 is 14.6 Å². The summed E-state index contributed by atoms with van der Waals surface area (Å²) in [6.45, 7) is 3.61. The van der Waals surface area contributed by atoms with E-state index in [1.54, 1.807) is 13.8 Å². The minimum Gasteiger partial charge on any atom is -0.462 e. The number of esters is 1. The van der Waals surface area contributed by atoms with E-state index in [1.807, 2.05) is 60.7 Å². The number of aliphatic hydroxyl groups excluding tert-OH is 1. The van der Waals surface area contributed by atoms with Gasteiger partial charge in [0, 0.05) is 4.90 Å². The van der Waals surface area contributed by atoms with Crippen molar-refractivity contribution in [3.8, 4) is 0 Å². The minimum atomic E-state index is -0.919. The van der Waals surface area contributed by atoms with Crippen LogP contribution < -0.4 is 0 Å². The van der Waals surface area contributed by atoms with Crippen LogP contribution >= 0.6 is 11.8 Å². The van der Waals surface area contributed by atoms with Gasteiger partial charge in [-0.2, -0.15) is 0 Å². The third-order valence-corrected chi connectivity index (χ3v) is 4.27. The van der Waals surface area contributed by atoms with Crippen molar-refractivity contribution in [1.29, 1.82) is 0 Å². The van der Waals surface area contributed by atoms with Gasteiger partial charge in [0.2, 0.25) is 0 Å². The molecule has 1 N–H and O–H groups in total. The van der Waals surface area contributed by atoms with E-state index in [9.17, 15) is 9.90 Å². The molecule has 0 aromatic heterocycles. The molecule has 0 spiro atoms. The number of aliphatic hydroxyl groups is 1. The van der Waals surface area contributed by atoms with Gasteiger partial charge < -0.3 is 9.84 Å². The van der Waals surface area contributed by atoms with Gasteiger partial charge in [0.25, 0.3) is 0 Å². The van der Waals surface area contributed by atoms with E-state index in [2.05, 4.69) is 0 Å². The summed E-state index contributed by atoms with van der Waals surface area (Å²) in [6, 6.07) is 18.7. The molecule has 0 saturated heterocycles. The summed E-state index contributed by atoms with van der Waals surface area (Å²) in [7, 11) is 0. The first-order chi connectivity index (χ1) is 10.6. The maximum atomic E-state index is 12.4. The average Bonchev–Trinajstić information content (AvgIpc) is 2.53. The number of rotatable bonds is 6. The molecule has 0 bridgehead atoms.